The predicted molar refractivity (Wildman–Crippen MR) is 126 cm³/mol. The van der Waals surface area contributed by atoms with Gasteiger partial charge in [0.1, 0.15) is 0 Å². The van der Waals surface area contributed by atoms with Crippen LogP contribution in [0.1, 0.15) is 38.0 Å². The van der Waals surface area contributed by atoms with Crippen molar-refractivity contribution < 1.29 is 9.59 Å². The summed E-state index contributed by atoms with van der Waals surface area (Å²) >= 11 is 6.95. The highest BCUT2D eigenvalue weighted by Crippen LogP contribution is 2.20. The quantitative estimate of drug-likeness (QED) is 0.544. The van der Waals surface area contributed by atoms with Crippen molar-refractivity contribution in [1.29, 1.82) is 0 Å². The van der Waals surface area contributed by atoms with Gasteiger partial charge in [0, 0.05) is 23.8 Å². The molecule has 32 heavy (non-hydrogen) atoms. The molecule has 2 amide bonds. The molecule has 4 rings (SSSR count). The number of nitrogens with one attached hydrogen (secondary N) is 2. The topological polar surface area (TPSA) is 87.2 Å². The number of benzene rings is 2. The van der Waals surface area contributed by atoms with E-state index in [-0.39, 0.29) is 21.8 Å². The van der Waals surface area contributed by atoms with Crippen LogP contribution in [0.25, 0.3) is 0 Å². The van der Waals surface area contributed by atoms with E-state index in [1.54, 1.807) is 12.1 Å². The SMILES string of the molecule is O=C(NCC1CCN(Cc2ccc(Cl)cc2)CC1)c1nnc(C(=O)Nc2ccccc2)s1. The molecule has 2 N–H and O–H groups in total. The van der Waals surface area contributed by atoms with Crippen LogP contribution in [0.3, 0.4) is 0 Å². The van der Waals surface area contributed by atoms with E-state index < -0.39 is 0 Å². The summed E-state index contributed by atoms with van der Waals surface area (Å²) in [7, 11) is 0. The molecule has 9 heteroatoms. The first kappa shape index (κ1) is 22.4. The van der Waals surface area contributed by atoms with Crippen LogP contribution in [0.4, 0.5) is 5.69 Å². The molecule has 0 radical (unpaired) electrons. The molecule has 0 unspecified atom stereocenters. The van der Waals surface area contributed by atoms with Crippen LogP contribution in [0.5, 0.6) is 0 Å². The highest BCUT2D eigenvalue weighted by molar-refractivity contribution is 7.15. The first-order chi connectivity index (χ1) is 15.6. The molecule has 7 nitrogen and oxygen atoms in total. The largest absolute Gasteiger partial charge is 0.350 e. The first-order valence-corrected chi connectivity index (χ1v) is 11.7. The molecule has 0 bridgehead atoms. The maximum Gasteiger partial charge on any atom is 0.286 e. The van der Waals surface area contributed by atoms with Gasteiger partial charge in [0.05, 0.1) is 0 Å². The van der Waals surface area contributed by atoms with Crippen LogP contribution in [0.2, 0.25) is 5.02 Å². The van der Waals surface area contributed by atoms with Gasteiger partial charge in [-0.25, -0.2) is 0 Å². The molecule has 166 valence electrons. The molecule has 3 aromatic rings. The zero-order valence-electron chi connectivity index (χ0n) is 17.5. The maximum atomic E-state index is 12.5. The summed E-state index contributed by atoms with van der Waals surface area (Å²) in [6.07, 6.45) is 2.05. The number of rotatable bonds is 7. The Morgan fingerprint density at radius 2 is 1.62 bits per heavy atom. The summed E-state index contributed by atoms with van der Waals surface area (Å²) in [5.41, 5.74) is 1.92. The number of halogens is 1. The van der Waals surface area contributed by atoms with Crippen LogP contribution in [-0.4, -0.2) is 46.5 Å². The lowest BCUT2D eigenvalue weighted by atomic mass is 9.96. The number of carbonyl (C=O) groups is 2. The molecule has 0 aliphatic carbocycles. The highest BCUT2D eigenvalue weighted by atomic mass is 35.5. The third kappa shape index (κ3) is 6.12. The second-order valence-electron chi connectivity index (χ2n) is 7.79. The van der Waals surface area contributed by atoms with Crippen molar-refractivity contribution in [2.24, 2.45) is 5.92 Å². The Balaban J connectivity index is 1.21. The molecule has 1 aromatic heterocycles. The number of piperidine rings is 1. The van der Waals surface area contributed by atoms with Crippen molar-refractivity contribution in [1.82, 2.24) is 20.4 Å². The number of amides is 2. The van der Waals surface area contributed by atoms with E-state index in [0.29, 0.717) is 18.2 Å². The Morgan fingerprint density at radius 3 is 2.31 bits per heavy atom. The fourth-order valence-electron chi connectivity index (χ4n) is 3.62. The molecule has 1 aliphatic rings. The lowest BCUT2D eigenvalue weighted by Gasteiger charge is -2.32. The van der Waals surface area contributed by atoms with Gasteiger partial charge in [-0.3, -0.25) is 14.5 Å². The second kappa shape index (κ2) is 10.7. The molecule has 1 saturated heterocycles. The molecular formula is C23H24ClN5O2S. The molecular weight excluding hydrogens is 446 g/mol. The van der Waals surface area contributed by atoms with E-state index in [2.05, 4.69) is 37.9 Å². The molecule has 2 aromatic carbocycles. The third-order valence-corrected chi connectivity index (χ3v) is 6.60. The molecule has 2 heterocycles. The minimum Gasteiger partial charge on any atom is -0.350 e. The van der Waals surface area contributed by atoms with Crippen molar-refractivity contribution in [3.05, 3.63) is 75.2 Å². The molecule has 0 atom stereocenters. The van der Waals surface area contributed by atoms with E-state index >= 15 is 0 Å². The lowest BCUT2D eigenvalue weighted by Crippen LogP contribution is -2.38. The average Bonchev–Trinajstić information content (AvgIpc) is 3.31. The predicted octanol–water partition coefficient (Wildman–Crippen LogP) is 4.09. The van der Waals surface area contributed by atoms with Crippen molar-refractivity contribution in [3.63, 3.8) is 0 Å². The van der Waals surface area contributed by atoms with Gasteiger partial charge in [-0.15, -0.1) is 10.2 Å². The smallest absolute Gasteiger partial charge is 0.286 e. The van der Waals surface area contributed by atoms with E-state index in [0.717, 1.165) is 48.8 Å². The molecule has 0 spiro atoms. The number of hydrogen-bond donors (Lipinski definition) is 2. The number of nitrogens with zero attached hydrogens (tertiary/aromatic N) is 3. The normalized spacial score (nSPS) is 14.8. The lowest BCUT2D eigenvalue weighted by molar-refractivity contribution is 0.0933. The van der Waals surface area contributed by atoms with Gasteiger partial charge in [-0.05, 0) is 61.7 Å². The van der Waals surface area contributed by atoms with Crippen LogP contribution >= 0.6 is 22.9 Å². The summed E-state index contributed by atoms with van der Waals surface area (Å²) in [4.78, 5) is 27.2. The Bertz CT molecular complexity index is 1050. The first-order valence-electron chi connectivity index (χ1n) is 10.5. The maximum absolute atomic E-state index is 12.5. The van der Waals surface area contributed by atoms with E-state index in [1.165, 1.54) is 5.56 Å². The van der Waals surface area contributed by atoms with Crippen molar-refractivity contribution in [2.45, 2.75) is 19.4 Å². The number of para-hydroxylation sites is 1. The van der Waals surface area contributed by atoms with Crippen LogP contribution in [0.15, 0.2) is 54.6 Å². The minimum absolute atomic E-state index is 0.162. The molecule has 1 aliphatic heterocycles. The van der Waals surface area contributed by atoms with Gasteiger partial charge in [-0.2, -0.15) is 0 Å². The number of likely N-dealkylation sites (tertiary alicyclic amines) is 1. The van der Waals surface area contributed by atoms with Gasteiger partial charge in [0.2, 0.25) is 10.0 Å². The number of hydrogen-bond acceptors (Lipinski definition) is 6. The Hall–Kier alpha value is -2.81. The summed E-state index contributed by atoms with van der Waals surface area (Å²) in [5.74, 6) is -0.236. The fraction of sp³-hybridized carbons (Fsp3) is 0.304. The Labute approximate surface area is 195 Å². The molecule has 1 fully saturated rings. The Kier molecular flexibility index (Phi) is 7.47. The zero-order valence-corrected chi connectivity index (χ0v) is 19.0. The van der Waals surface area contributed by atoms with Gasteiger partial charge < -0.3 is 10.6 Å². The van der Waals surface area contributed by atoms with E-state index in [9.17, 15) is 9.59 Å². The number of carbonyl (C=O) groups excluding carboxylic acids is 2. The van der Waals surface area contributed by atoms with Gasteiger partial charge in [0.15, 0.2) is 0 Å². The average molecular weight is 470 g/mol. The van der Waals surface area contributed by atoms with Crippen LogP contribution in [0, 0.1) is 5.92 Å². The van der Waals surface area contributed by atoms with Crippen molar-refractivity contribution >= 4 is 40.4 Å². The summed E-state index contributed by atoms with van der Waals surface area (Å²) in [6.45, 7) is 3.49. The summed E-state index contributed by atoms with van der Waals surface area (Å²) < 4.78 is 0. The summed E-state index contributed by atoms with van der Waals surface area (Å²) in [5, 5.41) is 14.6. The second-order valence-corrected chi connectivity index (χ2v) is 9.20. The minimum atomic E-state index is -0.374. The van der Waals surface area contributed by atoms with Crippen LogP contribution < -0.4 is 10.6 Å². The number of aromatic nitrogens is 2. The highest BCUT2D eigenvalue weighted by Gasteiger charge is 2.22. The van der Waals surface area contributed by atoms with Gasteiger partial charge in [-0.1, -0.05) is 53.3 Å². The molecule has 0 saturated carbocycles. The Morgan fingerprint density at radius 1 is 0.969 bits per heavy atom. The van der Waals surface area contributed by atoms with E-state index in [4.69, 9.17) is 11.6 Å². The van der Waals surface area contributed by atoms with Gasteiger partial charge in [0.25, 0.3) is 11.8 Å². The van der Waals surface area contributed by atoms with Crippen molar-refractivity contribution in [3.8, 4) is 0 Å². The monoisotopic (exact) mass is 469 g/mol. The standard InChI is InChI=1S/C23H24ClN5O2S/c24-18-8-6-17(7-9-18)15-29-12-10-16(11-13-29)14-25-20(30)22-27-28-23(32-22)21(31)26-19-4-2-1-3-5-19/h1-9,16H,10-15H2,(H,25,30)(H,26,31). The third-order valence-electron chi connectivity index (χ3n) is 5.42. The number of anilines is 1. The fourth-order valence-corrected chi connectivity index (χ4v) is 4.40. The summed E-state index contributed by atoms with van der Waals surface area (Å²) in [6, 6.07) is 17.1. The van der Waals surface area contributed by atoms with Crippen molar-refractivity contribution in [2.75, 3.05) is 25.0 Å². The zero-order chi connectivity index (χ0) is 22.3. The van der Waals surface area contributed by atoms with Crippen LogP contribution in [-0.2, 0) is 6.54 Å². The van der Waals surface area contributed by atoms with E-state index in [1.807, 2.05) is 30.3 Å². The van der Waals surface area contributed by atoms with Gasteiger partial charge >= 0.3 is 0 Å².